The summed E-state index contributed by atoms with van der Waals surface area (Å²) in [6.07, 6.45) is -0.715. The normalized spacial score (nSPS) is 14.2. The fraction of sp³-hybridized carbons (Fsp3) is 0.412. The molecule has 27 heavy (non-hydrogen) atoms. The third-order valence-electron chi connectivity index (χ3n) is 4.13. The quantitative estimate of drug-likeness (QED) is 0.651. The minimum absolute atomic E-state index is 0.190. The average molecular weight is 378 g/mol. The predicted molar refractivity (Wildman–Crippen MR) is 94.6 cm³/mol. The number of ether oxygens (including phenoxy) is 2. The van der Waals surface area contributed by atoms with Crippen molar-refractivity contribution in [2.24, 2.45) is 0 Å². The molecule has 3 N–H and O–H groups in total. The highest BCUT2D eigenvalue weighted by Gasteiger charge is 2.22. The zero-order chi connectivity index (χ0) is 19.2. The summed E-state index contributed by atoms with van der Waals surface area (Å²) in [5.41, 5.74) is 0.509. The lowest BCUT2D eigenvalue weighted by Gasteiger charge is -2.25. The van der Waals surface area contributed by atoms with E-state index in [1.807, 2.05) is 24.3 Å². The first-order chi connectivity index (χ1) is 13.1. The number of H-pyrrole nitrogens is 1. The number of imidazole rings is 1. The Bertz CT molecular complexity index is 823. The van der Waals surface area contributed by atoms with Crippen molar-refractivity contribution in [3.05, 3.63) is 46.0 Å². The number of aromatic amines is 1. The molecule has 1 fully saturated rings. The average Bonchev–Trinajstić information content (AvgIpc) is 2.96. The lowest BCUT2D eigenvalue weighted by atomic mass is 10.2. The molecule has 0 saturated carbocycles. The Kier molecular flexibility index (Phi) is 5.99. The van der Waals surface area contributed by atoms with E-state index >= 15 is 0 Å². The highest BCUT2D eigenvalue weighted by atomic mass is 16.7. The van der Waals surface area contributed by atoms with Gasteiger partial charge in [-0.1, -0.05) is 16.9 Å². The molecule has 1 aromatic carbocycles. The second-order valence-corrected chi connectivity index (χ2v) is 5.93. The third kappa shape index (κ3) is 4.60. The van der Waals surface area contributed by atoms with Crippen LogP contribution in [0.2, 0.25) is 0 Å². The molecule has 0 atom stereocenters. The maximum Gasteiger partial charge on any atom is 0.435 e. The van der Waals surface area contributed by atoms with E-state index in [9.17, 15) is 14.7 Å². The van der Waals surface area contributed by atoms with Gasteiger partial charge < -0.3 is 34.6 Å². The van der Waals surface area contributed by atoms with Crippen LogP contribution in [-0.2, 0) is 17.8 Å². The number of amides is 1. The summed E-state index contributed by atoms with van der Waals surface area (Å²) in [5, 5.41) is 13.3. The highest BCUT2D eigenvalue weighted by molar-refractivity contribution is 5.68. The first-order valence-electron chi connectivity index (χ1n) is 8.50. The summed E-state index contributed by atoms with van der Waals surface area (Å²) in [6, 6.07) is 7.50. The summed E-state index contributed by atoms with van der Waals surface area (Å²) in [6.45, 7) is 2.26. The Morgan fingerprint density at radius 3 is 2.63 bits per heavy atom. The molecule has 10 nitrogen and oxygen atoms in total. The van der Waals surface area contributed by atoms with Crippen LogP contribution in [-0.4, -0.2) is 59.2 Å². The number of benzene rings is 1. The van der Waals surface area contributed by atoms with Crippen molar-refractivity contribution >= 4 is 6.09 Å². The number of morpholine rings is 1. The molecule has 0 spiro atoms. The summed E-state index contributed by atoms with van der Waals surface area (Å²) in [5.74, 6) is 0.323. The van der Waals surface area contributed by atoms with E-state index in [1.165, 1.54) is 4.90 Å². The van der Waals surface area contributed by atoms with Crippen molar-refractivity contribution in [1.29, 1.82) is 0 Å². The van der Waals surface area contributed by atoms with Crippen LogP contribution in [0.3, 0.4) is 0 Å². The molecule has 146 valence electrons. The minimum atomic E-state index is -0.727. The number of nitrogens with one attached hydrogen (secondary N) is 2. The summed E-state index contributed by atoms with van der Waals surface area (Å²) in [4.78, 5) is 32.9. The number of carbonyl (C=O) groups is 1. The van der Waals surface area contributed by atoms with Crippen molar-refractivity contribution in [2.45, 2.75) is 13.1 Å². The smallest absolute Gasteiger partial charge is 0.435 e. The van der Waals surface area contributed by atoms with Gasteiger partial charge in [-0.25, -0.2) is 9.59 Å². The fourth-order valence-electron chi connectivity index (χ4n) is 2.62. The molecule has 2 heterocycles. The number of hydrogen-bond acceptors (Lipinski definition) is 7. The number of hydrogen-bond donors (Lipinski definition) is 3. The Morgan fingerprint density at radius 2 is 1.96 bits per heavy atom. The van der Waals surface area contributed by atoms with Crippen molar-refractivity contribution in [1.82, 2.24) is 19.9 Å². The van der Waals surface area contributed by atoms with E-state index < -0.39 is 17.7 Å². The van der Waals surface area contributed by atoms with E-state index in [2.05, 4.69) is 10.3 Å². The van der Waals surface area contributed by atoms with Gasteiger partial charge in [0.15, 0.2) is 0 Å². The summed E-state index contributed by atoms with van der Waals surface area (Å²) in [7, 11) is 1.60. The van der Waals surface area contributed by atoms with Gasteiger partial charge in [0.1, 0.15) is 5.75 Å². The predicted octanol–water partition coefficient (Wildman–Crippen LogP) is 0.0612. The van der Waals surface area contributed by atoms with Gasteiger partial charge in [-0.3, -0.25) is 0 Å². The Balaban J connectivity index is 1.57. The van der Waals surface area contributed by atoms with E-state index in [0.717, 1.165) is 11.3 Å². The molecule has 1 amide bonds. The Labute approximate surface area is 155 Å². The van der Waals surface area contributed by atoms with E-state index in [4.69, 9.17) is 14.3 Å². The van der Waals surface area contributed by atoms with Crippen LogP contribution in [0, 0.1) is 0 Å². The number of rotatable bonds is 6. The monoisotopic (exact) mass is 378 g/mol. The van der Waals surface area contributed by atoms with Crippen molar-refractivity contribution < 1.29 is 24.2 Å². The van der Waals surface area contributed by atoms with Gasteiger partial charge in [-0.05, 0) is 17.7 Å². The van der Waals surface area contributed by atoms with Crippen molar-refractivity contribution in [2.75, 3.05) is 33.4 Å². The number of nitrogens with zero attached hydrogens (tertiary/aromatic N) is 2. The standard InChI is InChI=1S/C17H22N4O6/c1-25-13-4-2-12(3-5-13)10-18-11-14-15(22)21(16(23)19-14)27-17(24)20-6-8-26-9-7-20/h2-5,18,22H,6-11H2,1H3,(H,19,23). The first-order valence-corrected chi connectivity index (χ1v) is 8.50. The molecule has 0 bridgehead atoms. The van der Waals surface area contributed by atoms with Crippen molar-refractivity contribution in [3.8, 4) is 11.6 Å². The lowest BCUT2D eigenvalue weighted by molar-refractivity contribution is 0.0206. The zero-order valence-electron chi connectivity index (χ0n) is 14.9. The summed E-state index contributed by atoms with van der Waals surface area (Å²) >= 11 is 0. The van der Waals surface area contributed by atoms with Gasteiger partial charge in [0.25, 0.3) is 5.88 Å². The van der Waals surface area contributed by atoms with Gasteiger partial charge >= 0.3 is 11.8 Å². The molecule has 2 aromatic rings. The van der Waals surface area contributed by atoms with E-state index in [1.54, 1.807) is 7.11 Å². The maximum absolute atomic E-state index is 12.1. The maximum atomic E-state index is 12.1. The highest BCUT2D eigenvalue weighted by Crippen LogP contribution is 2.13. The molecule has 0 radical (unpaired) electrons. The molecule has 3 rings (SSSR count). The number of aromatic nitrogens is 2. The molecule has 1 aliphatic rings. The first kappa shape index (κ1) is 18.8. The molecule has 0 unspecified atom stereocenters. The summed E-state index contributed by atoms with van der Waals surface area (Å²) < 4.78 is 10.8. The molecule has 1 aromatic heterocycles. The third-order valence-corrected chi connectivity index (χ3v) is 4.13. The van der Waals surface area contributed by atoms with Gasteiger partial charge in [0.2, 0.25) is 0 Å². The van der Waals surface area contributed by atoms with Crippen molar-refractivity contribution in [3.63, 3.8) is 0 Å². The molecule has 0 aliphatic carbocycles. The zero-order valence-corrected chi connectivity index (χ0v) is 14.9. The van der Waals surface area contributed by atoms with Crippen LogP contribution in [0.5, 0.6) is 11.6 Å². The molecule has 1 aliphatic heterocycles. The van der Waals surface area contributed by atoms with E-state index in [-0.39, 0.29) is 12.2 Å². The SMILES string of the molecule is COc1ccc(CNCc2[nH]c(=O)n(OC(=O)N3CCOCC3)c2O)cc1. The van der Waals surface area contributed by atoms with Crippen LogP contribution < -0.4 is 20.6 Å². The van der Waals surface area contributed by atoms with Crippen LogP contribution in [0.1, 0.15) is 11.3 Å². The van der Waals surface area contributed by atoms with Gasteiger partial charge in [-0.2, -0.15) is 0 Å². The topological polar surface area (TPSA) is 118 Å². The Morgan fingerprint density at radius 1 is 1.26 bits per heavy atom. The Hall–Kier alpha value is -2.98. The second kappa shape index (κ2) is 8.60. The number of aromatic hydroxyl groups is 1. The fourth-order valence-corrected chi connectivity index (χ4v) is 2.62. The molecular weight excluding hydrogens is 356 g/mol. The minimum Gasteiger partial charge on any atom is -0.497 e. The van der Waals surface area contributed by atoms with Crippen LogP contribution in [0.25, 0.3) is 0 Å². The van der Waals surface area contributed by atoms with Crippen LogP contribution in [0.4, 0.5) is 4.79 Å². The largest absolute Gasteiger partial charge is 0.497 e. The van der Waals surface area contributed by atoms with Gasteiger partial charge in [0, 0.05) is 26.2 Å². The molecule has 10 heteroatoms. The van der Waals surface area contributed by atoms with Gasteiger partial charge in [0.05, 0.1) is 26.0 Å². The van der Waals surface area contributed by atoms with Gasteiger partial charge in [-0.15, -0.1) is 0 Å². The lowest BCUT2D eigenvalue weighted by Crippen LogP contribution is -2.45. The molecular formula is C17H22N4O6. The van der Waals surface area contributed by atoms with Crippen LogP contribution >= 0.6 is 0 Å². The van der Waals surface area contributed by atoms with E-state index in [0.29, 0.717) is 37.6 Å². The second-order valence-electron chi connectivity index (χ2n) is 5.93. The number of carbonyl (C=O) groups excluding carboxylic acids is 1. The molecule has 1 saturated heterocycles. The van der Waals surface area contributed by atoms with Crippen LogP contribution in [0.15, 0.2) is 29.1 Å². The number of methoxy groups -OCH3 is 1.